The fourth-order valence-corrected chi connectivity index (χ4v) is 3.71. The van der Waals surface area contributed by atoms with Crippen molar-refractivity contribution in [2.45, 2.75) is 26.2 Å². The zero-order valence-electron chi connectivity index (χ0n) is 14.5. The van der Waals surface area contributed by atoms with Crippen LogP contribution in [0.3, 0.4) is 0 Å². The van der Waals surface area contributed by atoms with Gasteiger partial charge in [0.1, 0.15) is 34.7 Å². The summed E-state index contributed by atoms with van der Waals surface area (Å²) in [6, 6.07) is 5.30. The quantitative estimate of drug-likeness (QED) is 0.390. The van der Waals surface area contributed by atoms with Crippen LogP contribution in [0.15, 0.2) is 23.0 Å². The molecule has 27 heavy (non-hydrogen) atoms. The lowest BCUT2D eigenvalue weighted by molar-refractivity contribution is -0.583. The molecule has 9 heteroatoms. The standard InChI is InChI=1S/C18H13ClN6O2/c1-8-5-10(8)18-22-17(23-27-18)14-15-9(2)25(26)16-11(6-20)12(19)3-4-13(16)24(15)7-21-14/h3-4,7-8,10H,5H2,1-2H3. The van der Waals surface area contributed by atoms with Gasteiger partial charge in [-0.1, -0.05) is 23.7 Å². The van der Waals surface area contributed by atoms with E-state index in [0.29, 0.717) is 50.7 Å². The zero-order chi connectivity index (χ0) is 18.9. The summed E-state index contributed by atoms with van der Waals surface area (Å²) >= 11 is 6.10. The number of aryl methyl sites for hydroxylation is 1. The fourth-order valence-electron chi connectivity index (χ4n) is 3.51. The maximum Gasteiger partial charge on any atom is 0.260 e. The van der Waals surface area contributed by atoms with Crippen LogP contribution in [-0.4, -0.2) is 19.5 Å². The average Bonchev–Trinajstić information content (AvgIpc) is 3.07. The highest BCUT2D eigenvalue weighted by atomic mass is 35.5. The van der Waals surface area contributed by atoms with Gasteiger partial charge in [0.2, 0.25) is 17.4 Å². The molecule has 1 aliphatic carbocycles. The first-order valence-corrected chi connectivity index (χ1v) is 8.84. The normalized spacial score (nSPS) is 18.9. The predicted molar refractivity (Wildman–Crippen MR) is 95.9 cm³/mol. The number of benzene rings is 1. The highest BCUT2D eigenvalue weighted by molar-refractivity contribution is 6.32. The number of nitriles is 1. The van der Waals surface area contributed by atoms with E-state index in [-0.39, 0.29) is 16.1 Å². The highest BCUT2D eigenvalue weighted by Crippen LogP contribution is 2.46. The molecule has 3 aromatic heterocycles. The van der Waals surface area contributed by atoms with Crippen molar-refractivity contribution in [2.24, 2.45) is 5.92 Å². The van der Waals surface area contributed by atoms with Crippen molar-refractivity contribution in [2.75, 3.05) is 0 Å². The lowest BCUT2D eigenvalue weighted by Crippen LogP contribution is -2.33. The SMILES string of the molecule is Cc1c2c(-c3noc(C4CC4C)n3)ncn2c2ccc(Cl)c(C#N)c2[n+]1[O-]. The summed E-state index contributed by atoms with van der Waals surface area (Å²) in [4.78, 5) is 8.89. The molecule has 1 aliphatic rings. The van der Waals surface area contributed by atoms with Crippen LogP contribution in [-0.2, 0) is 0 Å². The lowest BCUT2D eigenvalue weighted by atomic mass is 10.1. The van der Waals surface area contributed by atoms with Gasteiger partial charge in [-0.25, -0.2) is 4.98 Å². The minimum atomic E-state index is 0.133. The number of imidazole rings is 1. The van der Waals surface area contributed by atoms with Crippen LogP contribution in [0.5, 0.6) is 0 Å². The molecule has 0 saturated heterocycles. The molecule has 134 valence electrons. The Kier molecular flexibility index (Phi) is 3.21. The molecule has 1 saturated carbocycles. The Balaban J connectivity index is 1.80. The van der Waals surface area contributed by atoms with Crippen LogP contribution in [0, 0.1) is 29.4 Å². The van der Waals surface area contributed by atoms with E-state index in [1.807, 2.05) is 6.07 Å². The van der Waals surface area contributed by atoms with Crippen molar-refractivity contribution in [3.63, 3.8) is 0 Å². The van der Waals surface area contributed by atoms with Gasteiger partial charge in [-0.2, -0.15) is 15.0 Å². The Hall–Kier alpha value is -3.18. The van der Waals surface area contributed by atoms with Gasteiger partial charge in [0, 0.05) is 12.8 Å². The Morgan fingerprint density at radius 2 is 2.22 bits per heavy atom. The molecule has 0 aliphatic heterocycles. The number of hydrogen-bond donors (Lipinski definition) is 0. The van der Waals surface area contributed by atoms with Gasteiger partial charge in [0.15, 0.2) is 0 Å². The van der Waals surface area contributed by atoms with Crippen LogP contribution in [0.1, 0.15) is 36.4 Å². The Labute approximate surface area is 158 Å². The van der Waals surface area contributed by atoms with E-state index in [2.05, 4.69) is 22.0 Å². The van der Waals surface area contributed by atoms with Crippen molar-refractivity contribution in [3.05, 3.63) is 45.8 Å². The summed E-state index contributed by atoms with van der Waals surface area (Å²) < 4.78 is 7.85. The molecule has 1 fully saturated rings. The minimum absolute atomic E-state index is 0.133. The number of aromatic nitrogens is 5. The van der Waals surface area contributed by atoms with Crippen LogP contribution < -0.4 is 4.73 Å². The smallest absolute Gasteiger partial charge is 0.260 e. The van der Waals surface area contributed by atoms with E-state index >= 15 is 0 Å². The Morgan fingerprint density at radius 1 is 1.44 bits per heavy atom. The van der Waals surface area contributed by atoms with Gasteiger partial charge in [0.05, 0.1) is 5.02 Å². The molecular weight excluding hydrogens is 368 g/mol. The summed E-state index contributed by atoms with van der Waals surface area (Å²) in [5.74, 6) is 1.79. The topological polar surface area (TPSA) is 107 Å². The van der Waals surface area contributed by atoms with Crippen molar-refractivity contribution in [1.29, 1.82) is 5.26 Å². The number of nitrogens with zero attached hydrogens (tertiary/aromatic N) is 6. The van der Waals surface area contributed by atoms with E-state index in [0.717, 1.165) is 6.42 Å². The number of halogens is 1. The summed E-state index contributed by atoms with van der Waals surface area (Å²) in [5, 5.41) is 26.6. The van der Waals surface area contributed by atoms with Crippen LogP contribution in [0.2, 0.25) is 5.02 Å². The van der Waals surface area contributed by atoms with Gasteiger partial charge in [-0.05, 0) is 24.5 Å². The predicted octanol–water partition coefficient (Wildman–Crippen LogP) is 3.13. The maximum atomic E-state index is 12.9. The fraction of sp³-hybridized carbons (Fsp3) is 0.278. The largest absolute Gasteiger partial charge is 0.618 e. The molecule has 2 unspecified atom stereocenters. The molecule has 8 nitrogen and oxygen atoms in total. The third-order valence-corrected chi connectivity index (χ3v) is 5.49. The third-order valence-electron chi connectivity index (χ3n) is 5.18. The van der Waals surface area contributed by atoms with E-state index in [4.69, 9.17) is 16.1 Å². The monoisotopic (exact) mass is 380 g/mol. The van der Waals surface area contributed by atoms with Crippen molar-refractivity contribution in [1.82, 2.24) is 19.5 Å². The molecule has 0 N–H and O–H groups in total. The minimum Gasteiger partial charge on any atom is -0.618 e. The first-order valence-electron chi connectivity index (χ1n) is 8.46. The third kappa shape index (κ3) is 2.15. The first-order chi connectivity index (χ1) is 13.0. The second kappa shape index (κ2) is 5.41. The van der Waals surface area contributed by atoms with Crippen LogP contribution >= 0.6 is 11.6 Å². The van der Waals surface area contributed by atoms with E-state index in [9.17, 15) is 10.5 Å². The summed E-state index contributed by atoms with van der Waals surface area (Å²) in [7, 11) is 0. The van der Waals surface area contributed by atoms with Gasteiger partial charge < -0.3 is 9.73 Å². The number of hydrogen-bond acceptors (Lipinski definition) is 6. The summed E-state index contributed by atoms with van der Waals surface area (Å²) in [6.07, 6.45) is 2.62. The van der Waals surface area contributed by atoms with Gasteiger partial charge in [0.25, 0.3) is 5.52 Å². The summed E-state index contributed by atoms with van der Waals surface area (Å²) in [5.41, 5.74) is 2.29. The van der Waals surface area contributed by atoms with E-state index in [1.165, 1.54) is 0 Å². The lowest BCUT2D eigenvalue weighted by Gasteiger charge is -2.10. The average molecular weight is 381 g/mol. The highest BCUT2D eigenvalue weighted by Gasteiger charge is 2.39. The van der Waals surface area contributed by atoms with Gasteiger partial charge in [-0.3, -0.25) is 4.40 Å². The van der Waals surface area contributed by atoms with Crippen LogP contribution in [0.25, 0.3) is 28.1 Å². The maximum absolute atomic E-state index is 12.9. The Morgan fingerprint density at radius 3 is 2.93 bits per heavy atom. The molecule has 5 rings (SSSR count). The molecule has 0 radical (unpaired) electrons. The van der Waals surface area contributed by atoms with Gasteiger partial charge >= 0.3 is 0 Å². The van der Waals surface area contributed by atoms with Crippen molar-refractivity contribution < 1.29 is 9.25 Å². The first kappa shape index (κ1) is 16.0. The van der Waals surface area contributed by atoms with Gasteiger partial charge in [-0.15, -0.1) is 0 Å². The molecule has 3 heterocycles. The van der Waals surface area contributed by atoms with Crippen molar-refractivity contribution >= 4 is 28.2 Å². The molecular formula is C18H13ClN6O2. The molecule has 0 spiro atoms. The van der Waals surface area contributed by atoms with E-state index in [1.54, 1.807) is 29.8 Å². The number of rotatable bonds is 2. The Bertz CT molecular complexity index is 1280. The zero-order valence-corrected chi connectivity index (χ0v) is 15.2. The molecule has 0 amide bonds. The molecule has 4 aromatic rings. The van der Waals surface area contributed by atoms with E-state index < -0.39 is 0 Å². The van der Waals surface area contributed by atoms with Crippen LogP contribution in [0.4, 0.5) is 0 Å². The number of fused-ring (bicyclic) bond motifs is 3. The molecule has 2 atom stereocenters. The molecule has 1 aromatic carbocycles. The summed E-state index contributed by atoms with van der Waals surface area (Å²) in [6.45, 7) is 3.80. The second-order valence-corrected chi connectivity index (χ2v) is 7.28. The second-order valence-electron chi connectivity index (χ2n) is 6.87. The van der Waals surface area contributed by atoms with Crippen molar-refractivity contribution in [3.8, 4) is 17.6 Å². The molecule has 0 bridgehead atoms.